The third kappa shape index (κ3) is 1.91. The van der Waals surface area contributed by atoms with E-state index in [2.05, 4.69) is 0 Å². The molecule has 3 N–H and O–H groups in total. The van der Waals surface area contributed by atoms with E-state index in [9.17, 15) is 14.7 Å². The van der Waals surface area contributed by atoms with Gasteiger partial charge in [0.25, 0.3) is 5.91 Å². The molecule has 2 saturated heterocycles. The summed E-state index contributed by atoms with van der Waals surface area (Å²) < 4.78 is 10.4. The van der Waals surface area contributed by atoms with E-state index < -0.39 is 36.5 Å². The van der Waals surface area contributed by atoms with Crippen molar-refractivity contribution >= 4 is 12.0 Å². The molecule has 2 aliphatic heterocycles. The highest BCUT2D eigenvalue weighted by atomic mass is 16.6. The molecule has 0 bridgehead atoms. The normalized spacial score (nSPS) is 32.2. The van der Waals surface area contributed by atoms with Crippen LogP contribution in [0.15, 0.2) is 30.3 Å². The largest absolute Gasteiger partial charge is 0.441 e. The second kappa shape index (κ2) is 4.77. The summed E-state index contributed by atoms with van der Waals surface area (Å²) >= 11 is 0. The summed E-state index contributed by atoms with van der Waals surface area (Å²) in [6, 6.07) is 8.66. The first-order valence-electron chi connectivity index (χ1n) is 6.22. The summed E-state index contributed by atoms with van der Waals surface area (Å²) in [6.45, 7) is 0.181. The van der Waals surface area contributed by atoms with Crippen molar-refractivity contribution in [2.45, 2.75) is 24.5 Å². The van der Waals surface area contributed by atoms with Crippen LogP contribution in [-0.4, -0.2) is 46.9 Å². The molecule has 0 aliphatic carbocycles. The molecule has 3 rings (SSSR count). The number of ether oxygens (including phenoxy) is 2. The number of rotatable bonds is 2. The number of aliphatic hydroxyl groups is 1. The number of carbonyl (C=O) groups excluding carboxylic acids is 2. The van der Waals surface area contributed by atoms with E-state index in [1.54, 1.807) is 0 Å². The molecule has 1 aromatic rings. The number of hydrogen-bond acceptors (Lipinski definition) is 5. The Morgan fingerprint density at radius 2 is 2.10 bits per heavy atom. The van der Waals surface area contributed by atoms with Gasteiger partial charge in [-0.15, -0.1) is 0 Å². The number of primary amides is 1. The predicted molar refractivity (Wildman–Crippen MR) is 66.2 cm³/mol. The number of nitrogens with two attached hydrogens (primary N) is 1. The van der Waals surface area contributed by atoms with E-state index in [-0.39, 0.29) is 6.61 Å². The second-order valence-electron chi connectivity index (χ2n) is 4.76. The lowest BCUT2D eigenvalue weighted by atomic mass is 10.1. The molecule has 2 amide bonds. The summed E-state index contributed by atoms with van der Waals surface area (Å²) in [5, 5.41) is 9.90. The second-order valence-corrected chi connectivity index (χ2v) is 4.76. The van der Waals surface area contributed by atoms with Crippen LogP contribution in [0.5, 0.6) is 0 Å². The number of aliphatic hydroxyl groups excluding tert-OH is 1. The predicted octanol–water partition coefficient (Wildman–Crippen LogP) is -0.249. The van der Waals surface area contributed by atoms with E-state index in [0.717, 1.165) is 5.56 Å². The zero-order chi connectivity index (χ0) is 14.3. The molecule has 7 heteroatoms. The number of fused-ring (bicyclic) bond motifs is 1. The average Bonchev–Trinajstić information content (AvgIpc) is 2.96. The van der Waals surface area contributed by atoms with Gasteiger partial charge in [-0.25, -0.2) is 4.79 Å². The third-order valence-electron chi connectivity index (χ3n) is 3.57. The van der Waals surface area contributed by atoms with E-state index in [0.29, 0.717) is 0 Å². The van der Waals surface area contributed by atoms with Crippen LogP contribution in [-0.2, 0) is 14.3 Å². The molecule has 7 nitrogen and oxygen atoms in total. The number of amides is 2. The first kappa shape index (κ1) is 12.9. The van der Waals surface area contributed by atoms with Gasteiger partial charge in [0, 0.05) is 5.56 Å². The molecule has 20 heavy (non-hydrogen) atoms. The lowest BCUT2D eigenvalue weighted by Gasteiger charge is -2.22. The van der Waals surface area contributed by atoms with Gasteiger partial charge in [-0.3, -0.25) is 4.79 Å². The Morgan fingerprint density at radius 1 is 1.40 bits per heavy atom. The third-order valence-corrected chi connectivity index (χ3v) is 3.57. The smallest absolute Gasteiger partial charge is 0.404 e. The van der Waals surface area contributed by atoms with Crippen LogP contribution in [0.25, 0.3) is 0 Å². The molecule has 2 heterocycles. The molecule has 1 unspecified atom stereocenters. The molecule has 2 fully saturated rings. The monoisotopic (exact) mass is 278 g/mol. The molecule has 0 radical (unpaired) electrons. The Morgan fingerprint density at radius 3 is 2.75 bits per heavy atom. The quantitative estimate of drug-likeness (QED) is 0.776. The minimum atomic E-state index is -1.40. The maximum atomic E-state index is 12.1. The summed E-state index contributed by atoms with van der Waals surface area (Å²) in [4.78, 5) is 24.4. The van der Waals surface area contributed by atoms with Crippen LogP contribution in [0, 0.1) is 0 Å². The lowest BCUT2D eigenvalue weighted by Crippen LogP contribution is -2.39. The summed E-state index contributed by atoms with van der Waals surface area (Å²) in [5.41, 5.74) is 5.77. The van der Waals surface area contributed by atoms with Crippen LogP contribution in [0.1, 0.15) is 11.8 Å². The highest BCUT2D eigenvalue weighted by molar-refractivity contribution is 5.85. The highest BCUT2D eigenvalue weighted by Crippen LogP contribution is 2.38. The topological polar surface area (TPSA) is 102 Å². The summed E-state index contributed by atoms with van der Waals surface area (Å²) in [6.07, 6.45) is -3.99. The van der Waals surface area contributed by atoms with Gasteiger partial charge in [-0.05, 0) is 0 Å². The van der Waals surface area contributed by atoms with Crippen LogP contribution in [0.4, 0.5) is 4.79 Å². The van der Waals surface area contributed by atoms with Crippen LogP contribution in [0.2, 0.25) is 0 Å². The number of hydrogen-bond donors (Lipinski definition) is 2. The van der Waals surface area contributed by atoms with Gasteiger partial charge in [0.15, 0.2) is 18.4 Å². The van der Waals surface area contributed by atoms with Crippen molar-refractivity contribution in [1.29, 1.82) is 0 Å². The molecular formula is C13H14N2O5. The van der Waals surface area contributed by atoms with E-state index in [1.165, 1.54) is 4.90 Å². The summed E-state index contributed by atoms with van der Waals surface area (Å²) in [7, 11) is 0. The fourth-order valence-corrected chi connectivity index (χ4v) is 2.71. The van der Waals surface area contributed by atoms with Crippen molar-refractivity contribution in [1.82, 2.24) is 4.90 Å². The van der Waals surface area contributed by atoms with Crippen molar-refractivity contribution in [2.75, 3.05) is 6.61 Å². The van der Waals surface area contributed by atoms with Crippen molar-refractivity contribution in [3.63, 3.8) is 0 Å². The Kier molecular flexibility index (Phi) is 3.07. The molecular weight excluding hydrogens is 264 g/mol. The summed E-state index contributed by atoms with van der Waals surface area (Å²) in [5.74, 6) is -0.521. The first-order valence-corrected chi connectivity index (χ1v) is 6.22. The zero-order valence-electron chi connectivity index (χ0n) is 10.5. The van der Waals surface area contributed by atoms with E-state index >= 15 is 0 Å². The fraction of sp³-hybridized carbons (Fsp3) is 0.385. The maximum absolute atomic E-state index is 12.1. The number of carbonyl (C=O) groups is 2. The van der Waals surface area contributed by atoms with Gasteiger partial charge in [0.1, 0.15) is 0 Å². The molecule has 4 atom stereocenters. The highest BCUT2D eigenvalue weighted by Gasteiger charge is 2.56. The van der Waals surface area contributed by atoms with E-state index in [4.69, 9.17) is 15.2 Å². The van der Waals surface area contributed by atoms with Crippen molar-refractivity contribution < 1.29 is 24.2 Å². The average molecular weight is 278 g/mol. The first-order chi connectivity index (χ1) is 9.59. The molecule has 0 spiro atoms. The van der Waals surface area contributed by atoms with Crippen LogP contribution >= 0.6 is 0 Å². The minimum absolute atomic E-state index is 0.181. The fourth-order valence-electron chi connectivity index (χ4n) is 2.71. The van der Waals surface area contributed by atoms with Gasteiger partial charge in [-0.2, -0.15) is 0 Å². The Labute approximate surface area is 114 Å². The molecule has 2 aliphatic rings. The number of benzene rings is 1. The Bertz CT molecular complexity index is 535. The van der Waals surface area contributed by atoms with Gasteiger partial charge < -0.3 is 25.2 Å². The number of nitrogens with zero attached hydrogens (tertiary/aromatic N) is 1. The van der Waals surface area contributed by atoms with Gasteiger partial charge in [0.05, 0.1) is 12.6 Å². The molecule has 1 aromatic carbocycles. The van der Waals surface area contributed by atoms with Crippen molar-refractivity contribution in [3.8, 4) is 0 Å². The Balaban J connectivity index is 1.88. The van der Waals surface area contributed by atoms with Crippen LogP contribution in [0.3, 0.4) is 0 Å². The molecule has 106 valence electrons. The minimum Gasteiger partial charge on any atom is -0.441 e. The SMILES string of the molecule is NC(=O)O[C@H]1[C@@H](O)C(=O)N2C(c3ccccc3)OC[C@@H]12. The zero-order valence-corrected chi connectivity index (χ0v) is 10.5. The van der Waals surface area contributed by atoms with Crippen molar-refractivity contribution in [3.05, 3.63) is 35.9 Å². The standard InChI is InChI=1S/C13H14N2O5/c14-13(18)20-10-8-6-19-12(7-4-2-1-3-5-7)15(8)11(17)9(10)16/h1-5,8-10,12,16H,6H2,(H2,14,18)/t8-,9+,10+,12?/m0/s1. The lowest BCUT2D eigenvalue weighted by molar-refractivity contribution is -0.142. The van der Waals surface area contributed by atoms with Gasteiger partial charge >= 0.3 is 6.09 Å². The van der Waals surface area contributed by atoms with Crippen molar-refractivity contribution in [2.24, 2.45) is 5.73 Å². The van der Waals surface area contributed by atoms with E-state index in [1.807, 2.05) is 30.3 Å². The molecule has 0 saturated carbocycles. The van der Waals surface area contributed by atoms with Crippen LogP contribution < -0.4 is 5.73 Å². The molecule has 0 aromatic heterocycles. The maximum Gasteiger partial charge on any atom is 0.404 e. The Hall–Kier alpha value is -2.12. The van der Waals surface area contributed by atoms with Gasteiger partial charge in [0.2, 0.25) is 0 Å². The van der Waals surface area contributed by atoms with Gasteiger partial charge in [-0.1, -0.05) is 30.3 Å².